The van der Waals surface area contributed by atoms with Crippen LogP contribution in [0, 0.1) is 0 Å². The summed E-state index contributed by atoms with van der Waals surface area (Å²) in [6.07, 6.45) is -0.0995. The first-order valence-electron chi connectivity index (χ1n) is 7.02. The van der Waals surface area contributed by atoms with E-state index in [9.17, 15) is 13.2 Å². The van der Waals surface area contributed by atoms with Crippen LogP contribution in [-0.4, -0.2) is 35.5 Å². The Morgan fingerprint density at radius 3 is 2.19 bits per heavy atom. The first kappa shape index (κ1) is 16.6. The Balaban J connectivity index is 1.92. The van der Waals surface area contributed by atoms with Gasteiger partial charge in [0, 0.05) is 17.8 Å². The Labute approximate surface area is 127 Å². The predicted octanol–water partition coefficient (Wildman–Crippen LogP) is 3.36. The molecule has 0 aliphatic carbocycles. The SMILES string of the molecule is CSC1(CN)CCN(Cc2ccc(C(F)(F)F)cc2)CC1. The van der Waals surface area contributed by atoms with Crippen LogP contribution in [0.4, 0.5) is 13.2 Å². The quantitative estimate of drug-likeness (QED) is 0.923. The number of likely N-dealkylation sites (tertiary alicyclic amines) is 1. The van der Waals surface area contributed by atoms with Crippen molar-refractivity contribution in [3.05, 3.63) is 35.4 Å². The van der Waals surface area contributed by atoms with Crippen molar-refractivity contribution in [2.24, 2.45) is 5.73 Å². The molecule has 0 radical (unpaired) electrons. The smallest absolute Gasteiger partial charge is 0.329 e. The van der Waals surface area contributed by atoms with E-state index in [0.29, 0.717) is 13.1 Å². The minimum Gasteiger partial charge on any atom is -0.329 e. The first-order chi connectivity index (χ1) is 9.88. The molecule has 6 heteroatoms. The summed E-state index contributed by atoms with van der Waals surface area (Å²) in [6.45, 7) is 3.27. The molecular formula is C15H21F3N2S. The Bertz CT molecular complexity index is 445. The lowest BCUT2D eigenvalue weighted by atomic mass is 9.95. The molecule has 21 heavy (non-hydrogen) atoms. The van der Waals surface area contributed by atoms with E-state index in [4.69, 9.17) is 5.73 Å². The molecule has 0 saturated carbocycles. The van der Waals surface area contributed by atoms with E-state index in [1.807, 2.05) is 11.8 Å². The molecule has 0 bridgehead atoms. The fourth-order valence-corrected chi connectivity index (χ4v) is 3.43. The Kier molecular flexibility index (Phi) is 5.22. The third-order valence-corrected chi connectivity index (χ3v) is 5.70. The third kappa shape index (κ3) is 4.14. The second-order valence-corrected chi connectivity index (χ2v) is 6.84. The highest BCUT2D eigenvalue weighted by Gasteiger charge is 2.33. The second-order valence-electron chi connectivity index (χ2n) is 5.56. The van der Waals surface area contributed by atoms with Gasteiger partial charge in [-0.3, -0.25) is 4.90 Å². The van der Waals surface area contributed by atoms with Gasteiger partial charge in [-0.2, -0.15) is 24.9 Å². The molecule has 0 unspecified atom stereocenters. The van der Waals surface area contributed by atoms with Gasteiger partial charge in [-0.15, -0.1) is 0 Å². The molecule has 2 rings (SSSR count). The molecule has 1 fully saturated rings. The topological polar surface area (TPSA) is 29.3 Å². The fourth-order valence-electron chi connectivity index (χ4n) is 2.67. The van der Waals surface area contributed by atoms with Crippen molar-refractivity contribution in [1.82, 2.24) is 4.90 Å². The maximum Gasteiger partial charge on any atom is 0.416 e. The standard InChI is InChI=1S/C15H21F3N2S/c1-21-14(11-19)6-8-20(9-7-14)10-12-2-4-13(5-3-12)15(16,17)18/h2-5H,6-11,19H2,1H3. The zero-order valence-corrected chi connectivity index (χ0v) is 12.9. The van der Waals surface area contributed by atoms with Gasteiger partial charge in [0.05, 0.1) is 5.56 Å². The van der Waals surface area contributed by atoms with Crippen LogP contribution in [0.2, 0.25) is 0 Å². The zero-order valence-electron chi connectivity index (χ0n) is 12.1. The van der Waals surface area contributed by atoms with Gasteiger partial charge < -0.3 is 5.73 Å². The Hall–Kier alpha value is -0.720. The molecule has 0 atom stereocenters. The van der Waals surface area contributed by atoms with Crippen LogP contribution >= 0.6 is 11.8 Å². The summed E-state index contributed by atoms with van der Waals surface area (Å²) in [6, 6.07) is 5.46. The summed E-state index contributed by atoms with van der Waals surface area (Å²) in [5.74, 6) is 0. The van der Waals surface area contributed by atoms with E-state index in [-0.39, 0.29) is 4.75 Å². The molecule has 1 aliphatic rings. The normalized spacial score (nSPS) is 19.7. The highest BCUT2D eigenvalue weighted by atomic mass is 32.2. The van der Waals surface area contributed by atoms with E-state index in [2.05, 4.69) is 11.2 Å². The van der Waals surface area contributed by atoms with Crippen molar-refractivity contribution < 1.29 is 13.2 Å². The van der Waals surface area contributed by atoms with Crippen LogP contribution in [0.5, 0.6) is 0 Å². The summed E-state index contributed by atoms with van der Waals surface area (Å²) < 4.78 is 37.7. The molecule has 1 heterocycles. The average molecular weight is 318 g/mol. The van der Waals surface area contributed by atoms with Gasteiger partial charge >= 0.3 is 6.18 Å². The van der Waals surface area contributed by atoms with Crippen molar-refractivity contribution in [3.63, 3.8) is 0 Å². The average Bonchev–Trinajstić information content (AvgIpc) is 2.48. The lowest BCUT2D eigenvalue weighted by Gasteiger charge is -2.40. The van der Waals surface area contributed by atoms with E-state index < -0.39 is 11.7 Å². The lowest BCUT2D eigenvalue weighted by molar-refractivity contribution is -0.137. The monoisotopic (exact) mass is 318 g/mol. The number of nitrogens with two attached hydrogens (primary N) is 1. The number of thioether (sulfide) groups is 1. The van der Waals surface area contributed by atoms with Crippen molar-refractivity contribution >= 4 is 11.8 Å². The number of halogens is 3. The van der Waals surface area contributed by atoms with Crippen LogP contribution in [-0.2, 0) is 12.7 Å². The molecule has 118 valence electrons. The second kappa shape index (κ2) is 6.58. The zero-order chi connectivity index (χ0) is 15.5. The minimum atomic E-state index is -4.26. The molecule has 2 nitrogen and oxygen atoms in total. The van der Waals surface area contributed by atoms with Crippen molar-refractivity contribution in [3.8, 4) is 0 Å². The number of hydrogen-bond acceptors (Lipinski definition) is 3. The maximum absolute atomic E-state index is 12.5. The van der Waals surface area contributed by atoms with Gasteiger partial charge in [0.15, 0.2) is 0 Å². The highest BCUT2D eigenvalue weighted by Crippen LogP contribution is 2.34. The van der Waals surface area contributed by atoms with E-state index >= 15 is 0 Å². The minimum absolute atomic E-state index is 0.177. The van der Waals surface area contributed by atoms with Crippen LogP contribution in [0.3, 0.4) is 0 Å². The Morgan fingerprint density at radius 1 is 1.19 bits per heavy atom. The fraction of sp³-hybridized carbons (Fsp3) is 0.600. The summed E-state index contributed by atoms with van der Waals surface area (Å²) >= 11 is 1.83. The van der Waals surface area contributed by atoms with E-state index in [1.54, 1.807) is 12.1 Å². The molecular weight excluding hydrogens is 297 g/mol. The Morgan fingerprint density at radius 2 is 1.76 bits per heavy atom. The largest absolute Gasteiger partial charge is 0.416 e. The van der Waals surface area contributed by atoms with Crippen molar-refractivity contribution in [2.45, 2.75) is 30.3 Å². The summed E-state index contributed by atoms with van der Waals surface area (Å²) in [5.41, 5.74) is 6.19. The summed E-state index contributed by atoms with van der Waals surface area (Å²) in [4.78, 5) is 2.28. The number of benzene rings is 1. The molecule has 1 aromatic carbocycles. The van der Waals surface area contributed by atoms with Gasteiger partial charge in [-0.1, -0.05) is 12.1 Å². The maximum atomic E-state index is 12.5. The lowest BCUT2D eigenvalue weighted by Crippen LogP contribution is -2.46. The van der Waals surface area contributed by atoms with Crippen LogP contribution in [0.15, 0.2) is 24.3 Å². The van der Waals surface area contributed by atoms with Gasteiger partial charge in [0.25, 0.3) is 0 Å². The van der Waals surface area contributed by atoms with Gasteiger partial charge in [0.1, 0.15) is 0 Å². The van der Waals surface area contributed by atoms with E-state index in [0.717, 1.165) is 43.6 Å². The molecule has 1 aromatic rings. The highest BCUT2D eigenvalue weighted by molar-refractivity contribution is 8.00. The molecule has 0 amide bonds. The van der Waals surface area contributed by atoms with Gasteiger partial charge in [-0.05, 0) is 49.9 Å². The first-order valence-corrected chi connectivity index (χ1v) is 8.25. The summed E-state index contributed by atoms with van der Waals surface area (Å²) in [5, 5.41) is 0. The number of nitrogens with zero attached hydrogens (tertiary/aromatic N) is 1. The number of rotatable bonds is 4. The number of alkyl halides is 3. The molecule has 0 spiro atoms. The van der Waals surface area contributed by atoms with Crippen LogP contribution in [0.1, 0.15) is 24.0 Å². The van der Waals surface area contributed by atoms with Crippen molar-refractivity contribution in [1.29, 1.82) is 0 Å². The third-order valence-electron chi connectivity index (χ3n) is 4.26. The number of piperidine rings is 1. The van der Waals surface area contributed by atoms with Crippen molar-refractivity contribution in [2.75, 3.05) is 25.9 Å². The van der Waals surface area contributed by atoms with Gasteiger partial charge in [-0.25, -0.2) is 0 Å². The number of hydrogen-bond donors (Lipinski definition) is 1. The molecule has 1 aliphatic heterocycles. The van der Waals surface area contributed by atoms with Crippen LogP contribution in [0.25, 0.3) is 0 Å². The van der Waals surface area contributed by atoms with E-state index in [1.165, 1.54) is 0 Å². The molecule has 0 aromatic heterocycles. The van der Waals surface area contributed by atoms with Crippen LogP contribution < -0.4 is 5.73 Å². The van der Waals surface area contributed by atoms with Gasteiger partial charge in [0.2, 0.25) is 0 Å². The summed E-state index contributed by atoms with van der Waals surface area (Å²) in [7, 11) is 0. The molecule has 2 N–H and O–H groups in total. The molecule has 1 saturated heterocycles. The predicted molar refractivity (Wildman–Crippen MR) is 81.3 cm³/mol.